The van der Waals surface area contributed by atoms with Crippen molar-refractivity contribution in [3.05, 3.63) is 261 Å². The molecule has 0 spiro atoms. The first-order valence-electron chi connectivity index (χ1n) is 21.8. The van der Waals surface area contributed by atoms with Crippen LogP contribution in [0.1, 0.15) is 0 Å². The molecule has 1 heterocycles. The van der Waals surface area contributed by atoms with Crippen LogP contribution in [0.25, 0.3) is 89.1 Å². The summed E-state index contributed by atoms with van der Waals surface area (Å²) in [5.74, 6) is 0.886. The van der Waals surface area contributed by atoms with Crippen molar-refractivity contribution in [3.63, 3.8) is 0 Å². The van der Waals surface area contributed by atoms with Crippen LogP contribution in [0.4, 0.5) is 17.1 Å². The van der Waals surface area contributed by atoms with Crippen LogP contribution in [-0.2, 0) is 0 Å². The Morgan fingerprint density at radius 2 is 0.609 bits per heavy atom. The lowest BCUT2D eigenvalue weighted by Crippen LogP contribution is -2.09. The Labute approximate surface area is 374 Å². The maximum absolute atomic E-state index is 6.55. The number of benzene rings is 10. The van der Waals surface area contributed by atoms with Crippen LogP contribution in [-0.4, -0.2) is 0 Å². The van der Waals surface area contributed by atoms with Gasteiger partial charge in [0.2, 0.25) is 0 Å². The summed E-state index contributed by atoms with van der Waals surface area (Å²) in [6.45, 7) is 0. The predicted molar refractivity (Wildman–Crippen MR) is 269 cm³/mol. The van der Waals surface area contributed by atoms with Gasteiger partial charge in [-0.25, -0.2) is 0 Å². The van der Waals surface area contributed by atoms with E-state index in [1.54, 1.807) is 0 Å². The molecule has 10 aromatic carbocycles. The molecule has 0 aliphatic rings. The fourth-order valence-electron chi connectivity index (χ4n) is 8.91. The van der Waals surface area contributed by atoms with E-state index in [0.717, 1.165) is 72.7 Å². The van der Waals surface area contributed by atoms with Crippen molar-refractivity contribution < 1.29 is 4.42 Å². The number of rotatable bonds is 10. The van der Waals surface area contributed by atoms with E-state index >= 15 is 0 Å². The Hall–Kier alpha value is -8.46. The van der Waals surface area contributed by atoms with Crippen LogP contribution >= 0.6 is 0 Å². The van der Waals surface area contributed by atoms with Crippen LogP contribution in [0.3, 0.4) is 0 Å². The van der Waals surface area contributed by atoms with Gasteiger partial charge in [-0.1, -0.05) is 212 Å². The molecule has 0 amide bonds. The minimum Gasteiger partial charge on any atom is -0.455 e. The lowest BCUT2D eigenvalue weighted by atomic mass is 9.94. The largest absolute Gasteiger partial charge is 0.455 e. The number of hydrogen-bond donors (Lipinski definition) is 0. The van der Waals surface area contributed by atoms with E-state index in [1.807, 2.05) is 12.1 Å². The molecular formula is C62H43NO. The van der Waals surface area contributed by atoms with Gasteiger partial charge in [-0.05, 0) is 110 Å². The molecule has 64 heavy (non-hydrogen) atoms. The third-order valence-corrected chi connectivity index (χ3v) is 12.1. The minimum absolute atomic E-state index is 0.886. The summed E-state index contributed by atoms with van der Waals surface area (Å²) < 4.78 is 6.55. The first-order valence-corrected chi connectivity index (χ1v) is 21.8. The van der Waals surface area contributed by atoms with E-state index in [-0.39, 0.29) is 0 Å². The van der Waals surface area contributed by atoms with E-state index in [2.05, 4.69) is 254 Å². The average molecular weight is 818 g/mol. The molecule has 0 saturated carbocycles. The summed E-state index contributed by atoms with van der Waals surface area (Å²) in [6.07, 6.45) is 0. The van der Waals surface area contributed by atoms with Gasteiger partial charge in [0.1, 0.15) is 11.3 Å². The first-order chi connectivity index (χ1) is 31.7. The van der Waals surface area contributed by atoms with Crippen molar-refractivity contribution in [1.29, 1.82) is 0 Å². The predicted octanol–water partition coefficient (Wildman–Crippen LogP) is 17.6. The van der Waals surface area contributed by atoms with Gasteiger partial charge < -0.3 is 9.32 Å². The third-order valence-electron chi connectivity index (χ3n) is 12.1. The van der Waals surface area contributed by atoms with Gasteiger partial charge in [-0.3, -0.25) is 0 Å². The second-order valence-electron chi connectivity index (χ2n) is 16.1. The molecule has 2 nitrogen and oxygen atoms in total. The van der Waals surface area contributed by atoms with Gasteiger partial charge in [0, 0.05) is 33.6 Å². The number of hydrogen-bond acceptors (Lipinski definition) is 2. The van der Waals surface area contributed by atoms with Crippen molar-refractivity contribution in [1.82, 2.24) is 0 Å². The zero-order valence-electron chi connectivity index (χ0n) is 35.2. The minimum atomic E-state index is 0.886. The third kappa shape index (κ3) is 7.59. The van der Waals surface area contributed by atoms with Crippen molar-refractivity contribution in [3.8, 4) is 78.1 Å². The Balaban J connectivity index is 0.897. The zero-order valence-corrected chi connectivity index (χ0v) is 35.2. The molecule has 11 rings (SSSR count). The van der Waals surface area contributed by atoms with Gasteiger partial charge in [-0.2, -0.15) is 0 Å². The Bertz CT molecular complexity index is 3320. The zero-order chi connectivity index (χ0) is 42.7. The molecule has 0 bridgehead atoms. The monoisotopic (exact) mass is 817 g/mol. The molecule has 0 unspecified atom stereocenters. The highest BCUT2D eigenvalue weighted by Crippen LogP contribution is 2.43. The van der Waals surface area contributed by atoms with Crippen molar-refractivity contribution in [2.45, 2.75) is 0 Å². The van der Waals surface area contributed by atoms with Gasteiger partial charge in [0.05, 0.1) is 0 Å². The number of fused-ring (bicyclic) bond motifs is 1. The normalized spacial score (nSPS) is 11.1. The molecular weight excluding hydrogens is 775 g/mol. The van der Waals surface area contributed by atoms with Crippen LogP contribution in [0.5, 0.6) is 0 Å². The van der Waals surface area contributed by atoms with Gasteiger partial charge >= 0.3 is 0 Å². The Morgan fingerprint density at radius 1 is 0.250 bits per heavy atom. The Kier molecular flexibility index (Phi) is 10.3. The highest BCUT2D eigenvalue weighted by molar-refractivity contribution is 6.02. The molecule has 0 aliphatic heterocycles. The van der Waals surface area contributed by atoms with Crippen molar-refractivity contribution in [2.24, 2.45) is 0 Å². The maximum Gasteiger partial charge on any atom is 0.143 e. The molecule has 0 saturated heterocycles. The summed E-state index contributed by atoms with van der Waals surface area (Å²) in [7, 11) is 0. The van der Waals surface area contributed by atoms with Gasteiger partial charge in [0.15, 0.2) is 0 Å². The highest BCUT2D eigenvalue weighted by Gasteiger charge is 2.19. The summed E-state index contributed by atoms with van der Waals surface area (Å²) in [4.78, 5) is 2.34. The maximum atomic E-state index is 6.55. The lowest BCUT2D eigenvalue weighted by Gasteiger charge is -2.26. The van der Waals surface area contributed by atoms with E-state index in [4.69, 9.17) is 4.42 Å². The molecule has 0 aliphatic carbocycles. The van der Waals surface area contributed by atoms with E-state index < -0.39 is 0 Å². The van der Waals surface area contributed by atoms with Gasteiger partial charge in [-0.15, -0.1) is 0 Å². The number of para-hydroxylation sites is 1. The molecule has 0 atom stereocenters. The van der Waals surface area contributed by atoms with Crippen LogP contribution < -0.4 is 4.90 Å². The summed E-state index contributed by atoms with van der Waals surface area (Å²) >= 11 is 0. The topological polar surface area (TPSA) is 16.4 Å². The summed E-state index contributed by atoms with van der Waals surface area (Å²) in [5, 5.41) is 1.12. The standard InChI is InChI=1S/C62H43NO/c1-4-15-44(16-5-1)46-31-37-54(38-32-46)63(56-41-35-50(36-42-56)58-24-11-10-23-57(58)49-17-6-2-7-18-49)55-39-33-47(34-40-55)45-27-29-48(30-28-45)52-21-14-22-53(43-52)62-61(51-19-8-3-9-20-51)59-25-12-13-26-60(59)64-62/h1-43H. The highest BCUT2D eigenvalue weighted by atomic mass is 16.3. The second-order valence-corrected chi connectivity index (χ2v) is 16.1. The fourth-order valence-corrected chi connectivity index (χ4v) is 8.91. The van der Waals surface area contributed by atoms with Gasteiger partial charge in [0.25, 0.3) is 0 Å². The molecule has 11 aromatic rings. The number of anilines is 3. The van der Waals surface area contributed by atoms with Crippen molar-refractivity contribution in [2.75, 3.05) is 4.90 Å². The second kappa shape index (κ2) is 17.1. The molecule has 0 fully saturated rings. The average Bonchev–Trinajstić information content (AvgIpc) is 3.78. The van der Waals surface area contributed by atoms with Crippen LogP contribution in [0, 0.1) is 0 Å². The van der Waals surface area contributed by atoms with E-state index in [9.17, 15) is 0 Å². The quantitative estimate of drug-likeness (QED) is 0.137. The van der Waals surface area contributed by atoms with Crippen molar-refractivity contribution >= 4 is 28.0 Å². The number of furan rings is 1. The van der Waals surface area contributed by atoms with E-state index in [0.29, 0.717) is 0 Å². The molecule has 302 valence electrons. The smallest absolute Gasteiger partial charge is 0.143 e. The molecule has 0 N–H and O–H groups in total. The number of nitrogens with zero attached hydrogens (tertiary/aromatic N) is 1. The molecule has 2 heteroatoms. The van der Waals surface area contributed by atoms with Crippen LogP contribution in [0.2, 0.25) is 0 Å². The SMILES string of the molecule is c1ccc(-c2ccc(N(c3ccc(-c4ccc(-c5cccc(-c6oc7ccccc7c6-c6ccccc6)c5)cc4)cc3)c3ccc(-c4ccccc4-c4ccccc4)cc3)cc2)cc1. The van der Waals surface area contributed by atoms with E-state index in [1.165, 1.54) is 33.4 Å². The summed E-state index contributed by atoms with van der Waals surface area (Å²) in [5.41, 5.74) is 19.3. The molecule has 1 aromatic heterocycles. The Morgan fingerprint density at radius 3 is 1.16 bits per heavy atom. The van der Waals surface area contributed by atoms with Crippen LogP contribution in [0.15, 0.2) is 265 Å². The molecule has 0 radical (unpaired) electrons. The lowest BCUT2D eigenvalue weighted by molar-refractivity contribution is 0.632. The summed E-state index contributed by atoms with van der Waals surface area (Å²) in [6, 6.07) is 93.0. The fraction of sp³-hybridized carbons (Fsp3) is 0. The first kappa shape index (κ1) is 38.5.